The molecular formula is C18H18N4O4. The molecule has 8 heteroatoms. The highest BCUT2D eigenvalue weighted by Crippen LogP contribution is 2.34. The number of nitrogens with zero attached hydrogens (tertiary/aromatic N) is 1. The Balaban J connectivity index is 2.11. The van der Waals surface area contributed by atoms with E-state index in [0.29, 0.717) is 40.3 Å². The van der Waals surface area contributed by atoms with Crippen LogP contribution in [0.15, 0.2) is 12.3 Å². The highest BCUT2D eigenvalue weighted by molar-refractivity contribution is 6.34. The number of amides is 2. The van der Waals surface area contributed by atoms with Gasteiger partial charge < -0.3 is 20.7 Å². The number of hydrogen-bond acceptors (Lipinski definition) is 4. The lowest BCUT2D eigenvalue weighted by Gasteiger charge is -2.04. The predicted molar refractivity (Wildman–Crippen MR) is 96.9 cm³/mol. The lowest BCUT2D eigenvalue weighted by atomic mass is 10.0. The zero-order valence-corrected chi connectivity index (χ0v) is 14.6. The first kappa shape index (κ1) is 17.4. The number of carboxylic acid groups (broad SMARTS) is 1. The van der Waals surface area contributed by atoms with Crippen molar-refractivity contribution in [1.29, 1.82) is 0 Å². The summed E-state index contributed by atoms with van der Waals surface area (Å²) in [4.78, 5) is 42.0. The molecule has 8 nitrogen and oxygen atoms in total. The number of H-pyrrole nitrogens is 1. The number of carbonyl (C=O) groups excluding carboxylic acids is 2. The van der Waals surface area contributed by atoms with Gasteiger partial charge in [0.15, 0.2) is 0 Å². The van der Waals surface area contributed by atoms with Gasteiger partial charge in [0.05, 0.1) is 17.5 Å². The van der Waals surface area contributed by atoms with Crippen LogP contribution in [0.5, 0.6) is 0 Å². The van der Waals surface area contributed by atoms with E-state index in [2.05, 4.69) is 20.6 Å². The minimum atomic E-state index is -1.05. The van der Waals surface area contributed by atoms with E-state index in [1.54, 1.807) is 19.1 Å². The van der Waals surface area contributed by atoms with E-state index >= 15 is 0 Å². The van der Waals surface area contributed by atoms with Gasteiger partial charge in [-0.25, -0.2) is 9.78 Å². The van der Waals surface area contributed by atoms with Crippen molar-refractivity contribution >= 4 is 40.9 Å². The fourth-order valence-corrected chi connectivity index (χ4v) is 3.08. The average Bonchev–Trinajstić information content (AvgIpc) is 3.04. The molecule has 2 aromatic heterocycles. The van der Waals surface area contributed by atoms with Crippen LogP contribution in [-0.2, 0) is 16.0 Å². The number of carboxylic acids is 1. The first-order valence-electron chi connectivity index (χ1n) is 8.07. The Morgan fingerprint density at radius 2 is 2.12 bits per heavy atom. The fourth-order valence-electron chi connectivity index (χ4n) is 3.08. The van der Waals surface area contributed by atoms with Crippen molar-refractivity contribution in [2.75, 3.05) is 10.6 Å². The van der Waals surface area contributed by atoms with E-state index in [1.165, 1.54) is 13.1 Å². The van der Waals surface area contributed by atoms with Gasteiger partial charge in [-0.15, -0.1) is 0 Å². The molecule has 0 saturated carbocycles. The summed E-state index contributed by atoms with van der Waals surface area (Å²) in [7, 11) is 0. The van der Waals surface area contributed by atoms with Crippen molar-refractivity contribution < 1.29 is 19.5 Å². The van der Waals surface area contributed by atoms with Crippen LogP contribution < -0.4 is 10.6 Å². The second-order valence-electron chi connectivity index (χ2n) is 5.99. The van der Waals surface area contributed by atoms with Crippen LogP contribution >= 0.6 is 0 Å². The third kappa shape index (κ3) is 2.97. The minimum Gasteiger partial charge on any atom is -0.477 e. The molecule has 4 N–H and O–H groups in total. The second-order valence-corrected chi connectivity index (χ2v) is 5.99. The molecule has 2 aromatic rings. The summed E-state index contributed by atoms with van der Waals surface area (Å²) in [5, 5.41) is 14.6. The molecule has 0 bridgehead atoms. The highest BCUT2D eigenvalue weighted by atomic mass is 16.4. The van der Waals surface area contributed by atoms with E-state index in [0.717, 1.165) is 5.56 Å². The molecule has 3 rings (SSSR count). The number of fused-ring (bicyclic) bond motifs is 1. The van der Waals surface area contributed by atoms with E-state index in [1.807, 2.05) is 6.92 Å². The quantitative estimate of drug-likeness (QED) is 0.628. The molecule has 0 atom stereocenters. The maximum Gasteiger partial charge on any atom is 0.352 e. The summed E-state index contributed by atoms with van der Waals surface area (Å²) in [5.74, 6) is -1.23. The van der Waals surface area contributed by atoms with Gasteiger partial charge in [0.25, 0.3) is 5.91 Å². The maximum absolute atomic E-state index is 12.4. The summed E-state index contributed by atoms with van der Waals surface area (Å²) in [6.45, 7) is 5.04. The molecule has 0 spiro atoms. The average molecular weight is 354 g/mol. The molecule has 1 aliphatic heterocycles. The largest absolute Gasteiger partial charge is 0.477 e. The van der Waals surface area contributed by atoms with Crippen molar-refractivity contribution in [2.24, 2.45) is 0 Å². The Morgan fingerprint density at radius 1 is 1.38 bits per heavy atom. The van der Waals surface area contributed by atoms with Gasteiger partial charge in [-0.05, 0) is 36.6 Å². The van der Waals surface area contributed by atoms with Gasteiger partial charge in [0, 0.05) is 18.2 Å². The van der Waals surface area contributed by atoms with E-state index in [4.69, 9.17) is 0 Å². The molecular weight excluding hydrogens is 336 g/mol. The molecule has 26 heavy (non-hydrogen) atoms. The van der Waals surface area contributed by atoms with Gasteiger partial charge in [-0.2, -0.15) is 0 Å². The van der Waals surface area contributed by atoms with Crippen LogP contribution in [0, 0.1) is 6.92 Å². The molecule has 134 valence electrons. The lowest BCUT2D eigenvalue weighted by Crippen LogP contribution is -2.06. The summed E-state index contributed by atoms with van der Waals surface area (Å²) in [6.07, 6.45) is 3.70. The first-order chi connectivity index (χ1) is 12.3. The Morgan fingerprint density at radius 3 is 2.73 bits per heavy atom. The fraction of sp³-hybridized carbons (Fsp3) is 0.222. The molecule has 0 aliphatic carbocycles. The predicted octanol–water partition coefficient (Wildman–Crippen LogP) is 2.43. The molecule has 3 heterocycles. The van der Waals surface area contributed by atoms with E-state index in [-0.39, 0.29) is 17.5 Å². The van der Waals surface area contributed by atoms with Crippen LogP contribution in [0.25, 0.3) is 11.6 Å². The standard InChI is InChI=1S/C18H18N4O4/c1-4-11-8(2)15(18(25)26)21-14(11)6-13-12-5-10(20-9(3)23)7-19-16(12)22-17(13)24/h5-7,21H,4H2,1-3H3,(H,20,23)(H,25,26)(H,19,22,24). The van der Waals surface area contributed by atoms with Crippen LogP contribution in [0.4, 0.5) is 11.5 Å². The number of aromatic nitrogens is 2. The number of nitrogens with one attached hydrogen (secondary N) is 3. The Hall–Kier alpha value is -3.42. The molecule has 0 unspecified atom stereocenters. The number of carbonyl (C=O) groups is 3. The van der Waals surface area contributed by atoms with Crippen LogP contribution in [0.1, 0.15) is 46.7 Å². The molecule has 0 fully saturated rings. The summed E-state index contributed by atoms with van der Waals surface area (Å²) in [5.41, 5.74) is 3.55. The maximum atomic E-state index is 12.4. The van der Waals surface area contributed by atoms with Gasteiger partial charge in [0.1, 0.15) is 11.5 Å². The molecule has 1 aliphatic rings. The summed E-state index contributed by atoms with van der Waals surface area (Å²) in [6, 6.07) is 1.66. The normalized spacial score (nSPS) is 14.3. The monoisotopic (exact) mass is 354 g/mol. The SMILES string of the molecule is CCc1c(C=C2C(=O)Nc3ncc(NC(C)=O)cc32)[nH]c(C(=O)O)c1C. The Bertz CT molecular complexity index is 972. The molecule has 0 aromatic carbocycles. The third-order valence-corrected chi connectivity index (χ3v) is 4.24. The number of aromatic carboxylic acids is 1. The molecule has 0 saturated heterocycles. The topological polar surface area (TPSA) is 124 Å². The Kier molecular flexibility index (Phi) is 4.33. The minimum absolute atomic E-state index is 0.109. The first-order valence-corrected chi connectivity index (χ1v) is 8.07. The Labute approximate surface area is 149 Å². The summed E-state index contributed by atoms with van der Waals surface area (Å²) >= 11 is 0. The van der Waals surface area contributed by atoms with E-state index in [9.17, 15) is 19.5 Å². The zero-order valence-electron chi connectivity index (χ0n) is 14.6. The van der Waals surface area contributed by atoms with Gasteiger partial charge in [-0.1, -0.05) is 6.92 Å². The second kappa shape index (κ2) is 6.47. The van der Waals surface area contributed by atoms with Crippen molar-refractivity contribution in [3.63, 3.8) is 0 Å². The number of pyridine rings is 1. The lowest BCUT2D eigenvalue weighted by molar-refractivity contribution is -0.114. The number of anilines is 2. The summed E-state index contributed by atoms with van der Waals surface area (Å²) < 4.78 is 0. The highest BCUT2D eigenvalue weighted by Gasteiger charge is 2.27. The van der Waals surface area contributed by atoms with E-state index < -0.39 is 5.97 Å². The van der Waals surface area contributed by atoms with Crippen molar-refractivity contribution in [1.82, 2.24) is 9.97 Å². The van der Waals surface area contributed by atoms with Crippen LogP contribution in [0.2, 0.25) is 0 Å². The van der Waals surface area contributed by atoms with Crippen molar-refractivity contribution in [2.45, 2.75) is 27.2 Å². The third-order valence-electron chi connectivity index (χ3n) is 4.24. The molecule has 0 radical (unpaired) electrons. The van der Waals surface area contributed by atoms with Gasteiger partial charge in [-0.3, -0.25) is 9.59 Å². The van der Waals surface area contributed by atoms with Gasteiger partial charge >= 0.3 is 5.97 Å². The van der Waals surface area contributed by atoms with Crippen LogP contribution in [-0.4, -0.2) is 32.9 Å². The smallest absolute Gasteiger partial charge is 0.352 e. The number of hydrogen-bond donors (Lipinski definition) is 4. The number of rotatable bonds is 4. The van der Waals surface area contributed by atoms with Crippen molar-refractivity contribution in [3.8, 4) is 0 Å². The van der Waals surface area contributed by atoms with Gasteiger partial charge in [0.2, 0.25) is 5.91 Å². The number of aromatic amines is 1. The van der Waals surface area contributed by atoms with Crippen molar-refractivity contribution in [3.05, 3.63) is 40.3 Å². The zero-order chi connectivity index (χ0) is 19.0. The molecule has 2 amide bonds. The van der Waals surface area contributed by atoms with Crippen LogP contribution in [0.3, 0.4) is 0 Å².